The topological polar surface area (TPSA) is 29.1 Å². The van der Waals surface area contributed by atoms with Crippen molar-refractivity contribution in [2.75, 3.05) is 12.8 Å². The molecule has 82 valence electrons. The van der Waals surface area contributed by atoms with Crippen LogP contribution in [0.25, 0.3) is 0 Å². The lowest BCUT2D eigenvalue weighted by atomic mass is 10.2. The average Bonchev–Trinajstić information content (AvgIpc) is 2.13. The number of hydrogen-bond acceptors (Lipinski definition) is 3. The summed E-state index contributed by atoms with van der Waals surface area (Å²) in [6, 6.07) is 0. The fraction of sp³-hybridized carbons (Fsp3) is 0.700. The van der Waals surface area contributed by atoms with Crippen LogP contribution in [-0.2, 0) is 4.79 Å². The largest absolute Gasteiger partial charge is 0.359 e. The van der Waals surface area contributed by atoms with E-state index in [9.17, 15) is 4.79 Å². The van der Waals surface area contributed by atoms with Gasteiger partial charge in [0.15, 0.2) is 0 Å². The maximum atomic E-state index is 11.0. The summed E-state index contributed by atoms with van der Waals surface area (Å²) in [4.78, 5) is 11.0. The van der Waals surface area contributed by atoms with Crippen LogP contribution in [0.1, 0.15) is 26.7 Å². The van der Waals surface area contributed by atoms with Crippen molar-refractivity contribution < 1.29 is 4.79 Å². The number of amides is 1. The Morgan fingerprint density at radius 1 is 1.57 bits per heavy atom. The van der Waals surface area contributed by atoms with E-state index in [4.69, 9.17) is 0 Å². The summed E-state index contributed by atoms with van der Waals surface area (Å²) in [5, 5.41) is 3.15. The van der Waals surface area contributed by atoms with Crippen LogP contribution in [0, 0.1) is 0 Å². The molecule has 0 aromatic carbocycles. The lowest BCUT2D eigenvalue weighted by Gasteiger charge is -2.09. The lowest BCUT2D eigenvalue weighted by molar-refractivity contribution is -0.120. The highest BCUT2D eigenvalue weighted by molar-refractivity contribution is 8.77. The molecule has 0 spiro atoms. The summed E-state index contributed by atoms with van der Waals surface area (Å²) in [5.41, 5.74) is 1.20. The molecule has 0 heterocycles. The highest BCUT2D eigenvalue weighted by atomic mass is 33.1. The first-order valence-electron chi connectivity index (χ1n) is 4.69. The molecule has 4 heteroatoms. The van der Waals surface area contributed by atoms with Gasteiger partial charge in [-0.3, -0.25) is 4.79 Å². The first-order chi connectivity index (χ1) is 6.56. The molecule has 0 saturated heterocycles. The molecule has 0 bridgehead atoms. The number of rotatable bonds is 7. The van der Waals surface area contributed by atoms with Gasteiger partial charge < -0.3 is 5.32 Å². The van der Waals surface area contributed by atoms with E-state index in [0.717, 1.165) is 12.2 Å². The Balaban J connectivity index is 3.41. The Bertz CT molecular complexity index is 195. The SMILES string of the molecule is C=C(C)CSSC(C)CCC(=O)NC. The Morgan fingerprint density at radius 3 is 2.71 bits per heavy atom. The van der Waals surface area contributed by atoms with E-state index < -0.39 is 0 Å². The minimum atomic E-state index is 0.127. The zero-order valence-corrected chi connectivity index (χ0v) is 10.8. The number of nitrogens with one attached hydrogen (secondary N) is 1. The van der Waals surface area contributed by atoms with Gasteiger partial charge in [0.1, 0.15) is 0 Å². The van der Waals surface area contributed by atoms with E-state index >= 15 is 0 Å². The highest BCUT2D eigenvalue weighted by Crippen LogP contribution is 2.30. The van der Waals surface area contributed by atoms with Crippen molar-refractivity contribution in [2.24, 2.45) is 0 Å². The van der Waals surface area contributed by atoms with Crippen LogP contribution in [0.3, 0.4) is 0 Å². The van der Waals surface area contributed by atoms with Crippen LogP contribution in [-0.4, -0.2) is 24.0 Å². The van der Waals surface area contributed by atoms with Gasteiger partial charge in [-0.15, -0.1) is 0 Å². The number of carbonyl (C=O) groups excluding carboxylic acids is 1. The second-order valence-corrected chi connectivity index (χ2v) is 6.14. The first-order valence-corrected chi connectivity index (χ1v) is 7.07. The van der Waals surface area contributed by atoms with Crippen LogP contribution >= 0.6 is 21.6 Å². The van der Waals surface area contributed by atoms with Gasteiger partial charge in [-0.25, -0.2) is 0 Å². The van der Waals surface area contributed by atoms with E-state index in [1.807, 2.05) is 28.5 Å². The molecule has 0 aromatic heterocycles. The van der Waals surface area contributed by atoms with Crippen molar-refractivity contribution in [3.05, 3.63) is 12.2 Å². The van der Waals surface area contributed by atoms with Crippen LogP contribution in [0.5, 0.6) is 0 Å². The smallest absolute Gasteiger partial charge is 0.219 e. The molecule has 0 fully saturated rings. The zero-order valence-electron chi connectivity index (χ0n) is 9.13. The summed E-state index contributed by atoms with van der Waals surface area (Å²) in [5.74, 6) is 1.12. The van der Waals surface area contributed by atoms with Gasteiger partial charge in [0.25, 0.3) is 0 Å². The Morgan fingerprint density at radius 2 is 2.21 bits per heavy atom. The molecule has 1 unspecified atom stereocenters. The van der Waals surface area contributed by atoms with Crippen molar-refractivity contribution in [1.29, 1.82) is 0 Å². The summed E-state index contributed by atoms with van der Waals surface area (Å²) >= 11 is 0. The molecule has 0 saturated carbocycles. The molecular weight excluding hydrogens is 214 g/mol. The van der Waals surface area contributed by atoms with E-state index in [2.05, 4.69) is 18.8 Å². The summed E-state index contributed by atoms with van der Waals surface area (Å²) in [6.07, 6.45) is 1.56. The lowest BCUT2D eigenvalue weighted by Crippen LogP contribution is -2.18. The van der Waals surface area contributed by atoms with Crippen LogP contribution in [0.2, 0.25) is 0 Å². The quantitative estimate of drug-likeness (QED) is 0.541. The van der Waals surface area contributed by atoms with Crippen molar-refractivity contribution in [1.82, 2.24) is 5.32 Å². The summed E-state index contributed by atoms with van der Waals surface area (Å²) < 4.78 is 0. The Kier molecular flexibility index (Phi) is 8.18. The monoisotopic (exact) mass is 233 g/mol. The fourth-order valence-electron chi connectivity index (χ4n) is 0.758. The highest BCUT2D eigenvalue weighted by Gasteiger charge is 2.06. The molecule has 0 rings (SSSR count). The minimum Gasteiger partial charge on any atom is -0.359 e. The molecule has 1 N–H and O–H groups in total. The summed E-state index contributed by atoms with van der Waals surface area (Å²) in [7, 11) is 5.32. The third-order valence-electron chi connectivity index (χ3n) is 1.59. The van der Waals surface area contributed by atoms with E-state index in [1.165, 1.54) is 5.57 Å². The third kappa shape index (κ3) is 8.51. The maximum Gasteiger partial charge on any atom is 0.219 e. The minimum absolute atomic E-state index is 0.127. The Labute approximate surface area is 94.7 Å². The molecule has 1 amide bonds. The van der Waals surface area contributed by atoms with Gasteiger partial charge in [0, 0.05) is 24.5 Å². The van der Waals surface area contributed by atoms with Crippen molar-refractivity contribution >= 4 is 27.5 Å². The second-order valence-electron chi connectivity index (χ2n) is 3.34. The molecule has 0 aliphatic heterocycles. The molecule has 14 heavy (non-hydrogen) atoms. The van der Waals surface area contributed by atoms with Gasteiger partial charge >= 0.3 is 0 Å². The van der Waals surface area contributed by atoms with E-state index in [0.29, 0.717) is 11.7 Å². The molecule has 0 radical (unpaired) electrons. The molecule has 0 aromatic rings. The standard InChI is InChI=1S/C10H19NOS2/c1-8(2)7-13-14-9(3)5-6-10(12)11-4/h9H,1,5-7H2,2-4H3,(H,11,12). The Hall–Kier alpha value is -0.0900. The molecule has 2 nitrogen and oxygen atoms in total. The average molecular weight is 233 g/mol. The predicted molar refractivity (Wildman–Crippen MR) is 67.6 cm³/mol. The van der Waals surface area contributed by atoms with Crippen molar-refractivity contribution in [3.63, 3.8) is 0 Å². The van der Waals surface area contributed by atoms with Gasteiger partial charge in [-0.2, -0.15) is 0 Å². The zero-order chi connectivity index (χ0) is 11.0. The van der Waals surface area contributed by atoms with Crippen LogP contribution < -0.4 is 5.32 Å². The second kappa shape index (κ2) is 8.24. The maximum absolute atomic E-state index is 11.0. The van der Waals surface area contributed by atoms with Gasteiger partial charge in [0.05, 0.1) is 0 Å². The van der Waals surface area contributed by atoms with Crippen LogP contribution in [0.15, 0.2) is 12.2 Å². The number of carbonyl (C=O) groups is 1. The molecular formula is C10H19NOS2. The van der Waals surface area contributed by atoms with Gasteiger partial charge in [0.2, 0.25) is 5.91 Å². The van der Waals surface area contributed by atoms with Crippen molar-refractivity contribution in [3.8, 4) is 0 Å². The number of hydrogen-bond donors (Lipinski definition) is 1. The molecule has 0 aliphatic carbocycles. The van der Waals surface area contributed by atoms with E-state index in [-0.39, 0.29) is 5.91 Å². The fourth-order valence-corrected chi connectivity index (χ4v) is 3.27. The van der Waals surface area contributed by atoms with Crippen LogP contribution in [0.4, 0.5) is 0 Å². The molecule has 1 atom stereocenters. The molecule has 0 aliphatic rings. The van der Waals surface area contributed by atoms with Crippen molar-refractivity contribution in [2.45, 2.75) is 31.9 Å². The van der Waals surface area contributed by atoms with Gasteiger partial charge in [-0.05, 0) is 13.3 Å². The van der Waals surface area contributed by atoms with Gasteiger partial charge in [-0.1, -0.05) is 40.7 Å². The predicted octanol–water partition coefficient (Wildman–Crippen LogP) is 2.86. The third-order valence-corrected chi connectivity index (χ3v) is 4.65. The first kappa shape index (κ1) is 13.9. The van der Waals surface area contributed by atoms with E-state index in [1.54, 1.807) is 7.05 Å². The summed E-state index contributed by atoms with van der Waals surface area (Å²) in [6.45, 7) is 8.02. The normalized spacial score (nSPS) is 12.2.